The van der Waals surface area contributed by atoms with Gasteiger partial charge in [-0.3, -0.25) is 9.69 Å². The second-order valence-electron chi connectivity index (χ2n) is 5.04. The van der Waals surface area contributed by atoms with Crippen LogP contribution >= 0.6 is 0 Å². The molecule has 82 valence electrons. The maximum absolute atomic E-state index is 12.0. The SMILES string of the molecule is CC(C)C(=O)C1CCC(C)N1C(C)C. The fourth-order valence-corrected chi connectivity index (χ4v) is 2.55. The van der Waals surface area contributed by atoms with Gasteiger partial charge >= 0.3 is 0 Å². The Morgan fingerprint density at radius 3 is 2.21 bits per heavy atom. The zero-order valence-corrected chi connectivity index (χ0v) is 10.1. The van der Waals surface area contributed by atoms with Crippen LogP contribution in [0.5, 0.6) is 0 Å². The molecule has 0 amide bonds. The number of nitrogens with zero attached hydrogens (tertiary/aromatic N) is 1. The summed E-state index contributed by atoms with van der Waals surface area (Å²) in [6.45, 7) is 10.6. The zero-order chi connectivity index (χ0) is 10.9. The molecule has 0 aliphatic carbocycles. The first-order chi connectivity index (χ1) is 6.45. The lowest BCUT2D eigenvalue weighted by Crippen LogP contribution is -2.45. The van der Waals surface area contributed by atoms with Crippen LogP contribution in [0.15, 0.2) is 0 Å². The molecular weight excluding hydrogens is 174 g/mol. The van der Waals surface area contributed by atoms with Gasteiger partial charge in [-0.1, -0.05) is 13.8 Å². The fourth-order valence-electron chi connectivity index (χ4n) is 2.55. The molecule has 2 nitrogen and oxygen atoms in total. The number of Topliss-reactive ketones (excluding diaryl/α,β-unsaturated/α-hetero) is 1. The Morgan fingerprint density at radius 2 is 1.79 bits per heavy atom. The third-order valence-electron chi connectivity index (χ3n) is 3.22. The van der Waals surface area contributed by atoms with Gasteiger partial charge in [-0.25, -0.2) is 0 Å². The van der Waals surface area contributed by atoms with E-state index in [-0.39, 0.29) is 12.0 Å². The summed E-state index contributed by atoms with van der Waals surface area (Å²) in [7, 11) is 0. The van der Waals surface area contributed by atoms with Crippen molar-refractivity contribution in [3.8, 4) is 0 Å². The molecule has 0 aromatic heterocycles. The van der Waals surface area contributed by atoms with Crippen LogP contribution in [0.2, 0.25) is 0 Å². The Bertz CT molecular complexity index is 210. The van der Waals surface area contributed by atoms with Crippen LogP contribution in [0.4, 0.5) is 0 Å². The van der Waals surface area contributed by atoms with Crippen LogP contribution in [0.1, 0.15) is 47.5 Å². The van der Waals surface area contributed by atoms with E-state index in [2.05, 4.69) is 25.7 Å². The highest BCUT2D eigenvalue weighted by molar-refractivity contribution is 5.86. The molecular formula is C12H23NO. The monoisotopic (exact) mass is 197 g/mol. The lowest BCUT2D eigenvalue weighted by molar-refractivity contribution is -0.127. The Hall–Kier alpha value is -0.370. The van der Waals surface area contributed by atoms with Crippen molar-refractivity contribution in [2.75, 3.05) is 0 Å². The normalized spacial score (nSPS) is 29.1. The second-order valence-corrected chi connectivity index (χ2v) is 5.04. The van der Waals surface area contributed by atoms with Gasteiger partial charge in [0.15, 0.2) is 5.78 Å². The number of likely N-dealkylation sites (tertiary alicyclic amines) is 1. The molecule has 1 saturated heterocycles. The summed E-state index contributed by atoms with van der Waals surface area (Å²) in [6, 6.07) is 1.24. The molecule has 0 radical (unpaired) electrons. The van der Waals surface area contributed by atoms with Crippen molar-refractivity contribution in [2.24, 2.45) is 5.92 Å². The van der Waals surface area contributed by atoms with Gasteiger partial charge in [0.1, 0.15) is 0 Å². The lowest BCUT2D eigenvalue weighted by Gasteiger charge is -2.32. The van der Waals surface area contributed by atoms with Crippen molar-refractivity contribution in [2.45, 2.75) is 65.6 Å². The van der Waals surface area contributed by atoms with Gasteiger partial charge in [-0.2, -0.15) is 0 Å². The molecule has 0 bridgehead atoms. The fraction of sp³-hybridized carbons (Fsp3) is 0.917. The number of hydrogen-bond donors (Lipinski definition) is 0. The average Bonchev–Trinajstić information content (AvgIpc) is 2.45. The zero-order valence-electron chi connectivity index (χ0n) is 10.1. The summed E-state index contributed by atoms with van der Waals surface area (Å²) < 4.78 is 0. The van der Waals surface area contributed by atoms with Crippen LogP contribution < -0.4 is 0 Å². The van der Waals surface area contributed by atoms with Gasteiger partial charge in [0.2, 0.25) is 0 Å². The molecule has 2 atom stereocenters. The van der Waals surface area contributed by atoms with E-state index >= 15 is 0 Å². The molecule has 2 unspecified atom stereocenters. The Morgan fingerprint density at radius 1 is 1.21 bits per heavy atom. The van der Waals surface area contributed by atoms with E-state index in [1.165, 1.54) is 6.42 Å². The molecule has 1 rings (SSSR count). The molecule has 0 aromatic rings. The minimum atomic E-state index is 0.173. The number of ketones is 1. The Kier molecular flexibility index (Phi) is 3.71. The van der Waals surface area contributed by atoms with Crippen molar-refractivity contribution in [1.82, 2.24) is 4.90 Å². The number of carbonyl (C=O) groups excluding carboxylic acids is 1. The highest BCUT2D eigenvalue weighted by Gasteiger charge is 2.37. The topological polar surface area (TPSA) is 20.3 Å². The molecule has 1 fully saturated rings. The molecule has 0 N–H and O–H groups in total. The van der Waals surface area contributed by atoms with Gasteiger partial charge < -0.3 is 0 Å². The highest BCUT2D eigenvalue weighted by Crippen LogP contribution is 2.28. The number of hydrogen-bond acceptors (Lipinski definition) is 2. The van der Waals surface area contributed by atoms with Gasteiger partial charge in [0.05, 0.1) is 6.04 Å². The van der Waals surface area contributed by atoms with E-state index in [1.807, 2.05) is 13.8 Å². The molecule has 14 heavy (non-hydrogen) atoms. The summed E-state index contributed by atoms with van der Waals surface area (Å²) >= 11 is 0. The van der Waals surface area contributed by atoms with Crippen LogP contribution in [-0.4, -0.2) is 28.8 Å². The Labute approximate surface area is 87.7 Å². The summed E-state index contributed by atoms with van der Waals surface area (Å²) in [4.78, 5) is 14.3. The lowest BCUT2D eigenvalue weighted by atomic mass is 9.99. The first-order valence-electron chi connectivity index (χ1n) is 5.76. The predicted octanol–water partition coefficient (Wildman–Crippen LogP) is 2.47. The quantitative estimate of drug-likeness (QED) is 0.692. The van der Waals surface area contributed by atoms with Crippen LogP contribution in [0.25, 0.3) is 0 Å². The van der Waals surface area contributed by atoms with E-state index in [9.17, 15) is 4.79 Å². The molecule has 0 spiro atoms. The Balaban J connectivity index is 2.74. The predicted molar refractivity (Wildman–Crippen MR) is 59.3 cm³/mol. The number of rotatable bonds is 3. The number of carbonyl (C=O) groups is 1. The van der Waals surface area contributed by atoms with Crippen molar-refractivity contribution in [3.05, 3.63) is 0 Å². The summed E-state index contributed by atoms with van der Waals surface area (Å²) in [5, 5.41) is 0. The summed E-state index contributed by atoms with van der Waals surface area (Å²) in [5.41, 5.74) is 0. The standard InChI is InChI=1S/C12H23NO/c1-8(2)12(14)11-7-6-10(5)13(11)9(3)4/h8-11H,6-7H2,1-5H3. The van der Waals surface area contributed by atoms with Crippen LogP contribution in [0.3, 0.4) is 0 Å². The molecule has 1 aliphatic rings. The maximum Gasteiger partial charge on any atom is 0.152 e. The largest absolute Gasteiger partial charge is 0.298 e. The van der Waals surface area contributed by atoms with Crippen molar-refractivity contribution in [1.29, 1.82) is 0 Å². The minimum absolute atomic E-state index is 0.173. The highest BCUT2D eigenvalue weighted by atomic mass is 16.1. The van der Waals surface area contributed by atoms with Crippen molar-refractivity contribution >= 4 is 5.78 Å². The minimum Gasteiger partial charge on any atom is -0.298 e. The molecule has 2 heteroatoms. The first kappa shape index (κ1) is 11.7. The van der Waals surface area contributed by atoms with Crippen molar-refractivity contribution in [3.63, 3.8) is 0 Å². The first-order valence-corrected chi connectivity index (χ1v) is 5.76. The van der Waals surface area contributed by atoms with E-state index < -0.39 is 0 Å². The second kappa shape index (κ2) is 4.43. The van der Waals surface area contributed by atoms with Crippen molar-refractivity contribution < 1.29 is 4.79 Å². The molecule has 1 heterocycles. The van der Waals surface area contributed by atoms with Gasteiger partial charge in [-0.15, -0.1) is 0 Å². The van der Waals surface area contributed by atoms with Gasteiger partial charge in [0.25, 0.3) is 0 Å². The van der Waals surface area contributed by atoms with E-state index in [0.29, 0.717) is 17.9 Å². The molecule has 0 saturated carbocycles. The van der Waals surface area contributed by atoms with Gasteiger partial charge in [-0.05, 0) is 33.6 Å². The third kappa shape index (κ3) is 2.17. The van der Waals surface area contributed by atoms with E-state index in [4.69, 9.17) is 0 Å². The molecule has 1 aliphatic heterocycles. The summed E-state index contributed by atoms with van der Waals surface area (Å²) in [5.74, 6) is 0.592. The van der Waals surface area contributed by atoms with E-state index in [1.54, 1.807) is 0 Å². The van der Waals surface area contributed by atoms with Crippen LogP contribution in [0, 0.1) is 5.92 Å². The molecule has 0 aromatic carbocycles. The summed E-state index contributed by atoms with van der Waals surface area (Å²) in [6.07, 6.45) is 2.22. The average molecular weight is 197 g/mol. The van der Waals surface area contributed by atoms with Crippen LogP contribution in [-0.2, 0) is 4.79 Å². The van der Waals surface area contributed by atoms with E-state index in [0.717, 1.165) is 6.42 Å². The third-order valence-corrected chi connectivity index (χ3v) is 3.22. The maximum atomic E-state index is 12.0. The smallest absolute Gasteiger partial charge is 0.152 e. The van der Waals surface area contributed by atoms with Gasteiger partial charge in [0, 0.05) is 18.0 Å².